The van der Waals surface area contributed by atoms with Crippen LogP contribution in [0.2, 0.25) is 0 Å². The third kappa shape index (κ3) is 4.28. The molecule has 0 saturated carbocycles. The van der Waals surface area contributed by atoms with Crippen molar-refractivity contribution < 1.29 is 28.2 Å². The van der Waals surface area contributed by atoms with Gasteiger partial charge in [-0.1, -0.05) is 18.2 Å². The van der Waals surface area contributed by atoms with Crippen LogP contribution in [0.3, 0.4) is 0 Å². The minimum absolute atomic E-state index is 0.0845. The molecule has 0 unspecified atom stereocenters. The lowest BCUT2D eigenvalue weighted by Crippen LogP contribution is -2.28. The highest BCUT2D eigenvalue weighted by Crippen LogP contribution is 2.33. The molecule has 0 bridgehead atoms. The van der Waals surface area contributed by atoms with Crippen LogP contribution in [0.4, 0.5) is 0 Å². The number of sulfonamides is 1. The zero-order valence-corrected chi connectivity index (χ0v) is 14.6. The lowest BCUT2D eigenvalue weighted by Gasteiger charge is -2.11. The number of aryl methyl sites for hydroxylation is 1. The van der Waals surface area contributed by atoms with Crippen molar-refractivity contribution in [1.82, 2.24) is 4.72 Å². The summed E-state index contributed by atoms with van der Waals surface area (Å²) in [6.07, 6.45) is 0. The summed E-state index contributed by atoms with van der Waals surface area (Å²) in [6, 6.07) is 9.13. The number of ether oxygens (including phenoxy) is 1. The molecule has 0 heterocycles. The number of esters is 1. The number of hydrogen-bond donors (Lipinski definition) is 3. The third-order valence-corrected chi connectivity index (χ3v) is 5.08. The first kappa shape index (κ1) is 18.8. The molecule has 0 aromatic heterocycles. The Morgan fingerprint density at radius 1 is 1.12 bits per heavy atom. The van der Waals surface area contributed by atoms with E-state index in [1.807, 2.05) is 0 Å². The van der Waals surface area contributed by atoms with Crippen LogP contribution in [0.15, 0.2) is 41.3 Å². The largest absolute Gasteiger partial charge is 0.507 e. The van der Waals surface area contributed by atoms with Gasteiger partial charge in [-0.05, 0) is 37.6 Å². The molecule has 2 aromatic carbocycles. The van der Waals surface area contributed by atoms with Crippen molar-refractivity contribution >= 4 is 16.0 Å². The Morgan fingerprint density at radius 2 is 1.76 bits per heavy atom. The fourth-order valence-electron chi connectivity index (χ4n) is 2.20. The molecule has 0 aliphatic carbocycles. The number of aromatic hydroxyl groups is 2. The number of benzene rings is 2. The van der Waals surface area contributed by atoms with Gasteiger partial charge >= 0.3 is 5.97 Å². The molecule has 0 radical (unpaired) electrons. The Balaban J connectivity index is 1.96. The number of carbonyl (C=O) groups is 1. The average Bonchev–Trinajstić information content (AvgIpc) is 2.60. The first-order chi connectivity index (χ1) is 11.7. The van der Waals surface area contributed by atoms with Crippen LogP contribution in [0.5, 0.6) is 11.5 Å². The van der Waals surface area contributed by atoms with Crippen LogP contribution >= 0.6 is 0 Å². The van der Waals surface area contributed by atoms with Gasteiger partial charge in [-0.25, -0.2) is 17.9 Å². The number of nitrogens with one attached hydrogen (secondary N) is 1. The van der Waals surface area contributed by atoms with Gasteiger partial charge in [-0.2, -0.15) is 0 Å². The van der Waals surface area contributed by atoms with E-state index >= 15 is 0 Å². The summed E-state index contributed by atoms with van der Waals surface area (Å²) >= 11 is 0. The Bertz CT molecular complexity index is 878. The molecule has 0 spiro atoms. The molecule has 25 heavy (non-hydrogen) atoms. The van der Waals surface area contributed by atoms with Crippen molar-refractivity contribution in [2.24, 2.45) is 0 Å². The summed E-state index contributed by atoms with van der Waals surface area (Å²) in [5, 5.41) is 19.7. The summed E-state index contributed by atoms with van der Waals surface area (Å²) < 4.78 is 31.3. The summed E-state index contributed by atoms with van der Waals surface area (Å²) in [4.78, 5) is 12.1. The minimum atomic E-state index is -3.67. The Morgan fingerprint density at radius 3 is 2.40 bits per heavy atom. The van der Waals surface area contributed by atoms with Gasteiger partial charge in [0.25, 0.3) is 0 Å². The van der Waals surface area contributed by atoms with E-state index in [9.17, 15) is 23.4 Å². The van der Waals surface area contributed by atoms with Crippen LogP contribution < -0.4 is 4.72 Å². The third-order valence-electron chi connectivity index (χ3n) is 3.60. The smallest absolute Gasteiger partial charge is 0.341 e. The molecule has 134 valence electrons. The Labute approximate surface area is 145 Å². The summed E-state index contributed by atoms with van der Waals surface area (Å²) in [6.45, 7) is 2.75. The summed E-state index contributed by atoms with van der Waals surface area (Å²) in [7, 11) is -3.67. The van der Waals surface area contributed by atoms with Crippen molar-refractivity contribution in [3.63, 3.8) is 0 Å². The fraction of sp³-hybridized carbons (Fsp3) is 0.235. The molecule has 0 aliphatic heterocycles. The SMILES string of the molecule is Cc1cc(C(=O)OCCNS(=O)(=O)c2ccccc2)c(O)c(C)c1O. The molecule has 2 rings (SSSR count). The topological polar surface area (TPSA) is 113 Å². The first-order valence-electron chi connectivity index (χ1n) is 7.48. The number of phenolic OH excluding ortho intramolecular Hbond substituents is 2. The van der Waals surface area contributed by atoms with Crippen LogP contribution in [-0.2, 0) is 14.8 Å². The van der Waals surface area contributed by atoms with Crippen molar-refractivity contribution in [3.8, 4) is 11.5 Å². The molecule has 7 nitrogen and oxygen atoms in total. The molecule has 0 saturated heterocycles. The molecule has 0 atom stereocenters. The van der Waals surface area contributed by atoms with E-state index in [0.29, 0.717) is 5.56 Å². The first-order valence-corrected chi connectivity index (χ1v) is 8.96. The maximum absolute atomic E-state index is 12.0. The lowest BCUT2D eigenvalue weighted by molar-refractivity contribution is 0.0509. The molecular formula is C17H19NO6S. The van der Waals surface area contributed by atoms with Crippen molar-refractivity contribution in [2.75, 3.05) is 13.2 Å². The van der Waals surface area contributed by atoms with E-state index in [1.54, 1.807) is 25.1 Å². The predicted octanol–water partition coefficient (Wildman–Crippen LogP) is 1.85. The van der Waals surface area contributed by atoms with Gasteiger partial charge < -0.3 is 14.9 Å². The van der Waals surface area contributed by atoms with Crippen molar-refractivity contribution in [1.29, 1.82) is 0 Å². The van der Waals surface area contributed by atoms with Gasteiger partial charge in [-0.15, -0.1) is 0 Å². The summed E-state index contributed by atoms with van der Waals surface area (Å²) in [5.74, 6) is -1.26. The van der Waals surface area contributed by atoms with Gasteiger partial charge in [0.1, 0.15) is 23.7 Å². The maximum Gasteiger partial charge on any atom is 0.341 e. The molecule has 0 aliphatic rings. The van der Waals surface area contributed by atoms with E-state index in [-0.39, 0.29) is 40.7 Å². The highest BCUT2D eigenvalue weighted by atomic mass is 32.2. The van der Waals surface area contributed by atoms with Gasteiger partial charge in [0.15, 0.2) is 0 Å². The lowest BCUT2D eigenvalue weighted by atomic mass is 10.0. The normalized spacial score (nSPS) is 11.3. The van der Waals surface area contributed by atoms with Crippen LogP contribution in [-0.4, -0.2) is 37.8 Å². The number of hydrogen-bond acceptors (Lipinski definition) is 6. The van der Waals surface area contributed by atoms with E-state index in [4.69, 9.17) is 4.74 Å². The van der Waals surface area contributed by atoms with Gasteiger partial charge in [0, 0.05) is 12.1 Å². The molecule has 3 N–H and O–H groups in total. The van der Waals surface area contributed by atoms with Gasteiger partial charge in [-0.3, -0.25) is 0 Å². The number of carbonyl (C=O) groups excluding carboxylic acids is 1. The van der Waals surface area contributed by atoms with E-state index in [2.05, 4.69) is 4.72 Å². The Kier molecular flexibility index (Phi) is 5.66. The molecule has 0 fully saturated rings. The quantitative estimate of drug-likeness (QED) is 0.532. The van der Waals surface area contributed by atoms with Crippen LogP contribution in [0.1, 0.15) is 21.5 Å². The number of phenols is 2. The second-order valence-corrected chi connectivity index (χ2v) is 7.18. The highest BCUT2D eigenvalue weighted by molar-refractivity contribution is 7.89. The monoisotopic (exact) mass is 365 g/mol. The minimum Gasteiger partial charge on any atom is -0.507 e. The van der Waals surface area contributed by atoms with Crippen LogP contribution in [0.25, 0.3) is 0 Å². The zero-order valence-electron chi connectivity index (χ0n) is 13.8. The van der Waals surface area contributed by atoms with Gasteiger partial charge in [0.2, 0.25) is 10.0 Å². The number of rotatable bonds is 6. The second kappa shape index (κ2) is 7.54. The summed E-state index contributed by atoms with van der Waals surface area (Å²) in [5.41, 5.74) is 0.516. The highest BCUT2D eigenvalue weighted by Gasteiger charge is 2.19. The van der Waals surface area contributed by atoms with E-state index in [1.165, 1.54) is 25.1 Å². The van der Waals surface area contributed by atoms with E-state index in [0.717, 1.165) is 0 Å². The predicted molar refractivity (Wildman–Crippen MR) is 91.2 cm³/mol. The molecular weight excluding hydrogens is 346 g/mol. The molecule has 2 aromatic rings. The average molecular weight is 365 g/mol. The maximum atomic E-state index is 12.0. The molecule has 8 heteroatoms. The fourth-order valence-corrected chi connectivity index (χ4v) is 3.23. The van der Waals surface area contributed by atoms with Crippen LogP contribution in [0, 0.1) is 13.8 Å². The second-order valence-electron chi connectivity index (χ2n) is 5.41. The van der Waals surface area contributed by atoms with E-state index < -0.39 is 16.0 Å². The van der Waals surface area contributed by atoms with Crippen molar-refractivity contribution in [3.05, 3.63) is 53.1 Å². The molecule has 0 amide bonds. The zero-order chi connectivity index (χ0) is 18.6. The van der Waals surface area contributed by atoms with Crippen molar-refractivity contribution in [2.45, 2.75) is 18.7 Å². The standard InChI is InChI=1S/C17H19NO6S/c1-11-10-14(16(20)12(2)15(11)19)17(21)24-9-8-18-25(22,23)13-6-4-3-5-7-13/h3-7,10,18-20H,8-9H2,1-2H3. The van der Waals surface area contributed by atoms with Gasteiger partial charge in [0.05, 0.1) is 4.90 Å². The Hall–Kier alpha value is -2.58.